The van der Waals surface area contributed by atoms with Crippen LogP contribution in [-0.4, -0.2) is 33.4 Å². The van der Waals surface area contributed by atoms with E-state index in [0.29, 0.717) is 19.0 Å². The van der Waals surface area contributed by atoms with E-state index in [1.807, 2.05) is 74.9 Å². The van der Waals surface area contributed by atoms with Gasteiger partial charge >= 0.3 is 0 Å². The molecule has 0 aliphatic rings. The molecule has 0 fully saturated rings. The molecule has 2 N–H and O–H groups in total. The SMILES string of the molecule is Cc1ccccc1OC(C)CNC(=NCc1nnc(C)n1C)NC(C)c1ccccc1. The topological polar surface area (TPSA) is 76.4 Å². The van der Waals surface area contributed by atoms with E-state index >= 15 is 0 Å². The second-order valence-electron chi connectivity index (χ2n) is 7.74. The molecule has 7 heteroatoms. The molecule has 1 aromatic heterocycles. The zero-order valence-electron chi connectivity index (χ0n) is 19.0. The molecular formula is C24H32N6O. The molecule has 2 atom stereocenters. The van der Waals surface area contributed by atoms with Gasteiger partial charge in [0.25, 0.3) is 0 Å². The number of ether oxygens (including phenoxy) is 1. The minimum atomic E-state index is -0.0304. The molecule has 2 unspecified atom stereocenters. The molecule has 0 aliphatic heterocycles. The molecule has 7 nitrogen and oxygen atoms in total. The average molecular weight is 421 g/mol. The van der Waals surface area contributed by atoms with Gasteiger partial charge in [0.2, 0.25) is 0 Å². The zero-order valence-corrected chi connectivity index (χ0v) is 19.0. The van der Waals surface area contributed by atoms with E-state index in [2.05, 4.69) is 39.9 Å². The number of aromatic nitrogens is 3. The summed E-state index contributed by atoms with van der Waals surface area (Å²) in [4.78, 5) is 4.75. The van der Waals surface area contributed by atoms with Crippen molar-refractivity contribution in [3.63, 3.8) is 0 Å². The molecule has 0 amide bonds. The van der Waals surface area contributed by atoms with Crippen LogP contribution in [0.15, 0.2) is 59.6 Å². The maximum atomic E-state index is 6.10. The normalized spacial score (nSPS) is 13.5. The fourth-order valence-electron chi connectivity index (χ4n) is 3.11. The van der Waals surface area contributed by atoms with Gasteiger partial charge in [0, 0.05) is 7.05 Å². The van der Waals surface area contributed by atoms with Crippen molar-refractivity contribution >= 4 is 5.96 Å². The smallest absolute Gasteiger partial charge is 0.192 e. The Morgan fingerprint density at radius 2 is 1.74 bits per heavy atom. The lowest BCUT2D eigenvalue weighted by atomic mass is 10.1. The summed E-state index contributed by atoms with van der Waals surface area (Å²) in [5.74, 6) is 3.29. The molecule has 0 bridgehead atoms. The number of hydrogen-bond donors (Lipinski definition) is 2. The summed E-state index contributed by atoms with van der Waals surface area (Å²) in [5.41, 5.74) is 2.31. The van der Waals surface area contributed by atoms with E-state index in [1.165, 1.54) is 5.56 Å². The van der Waals surface area contributed by atoms with Crippen molar-refractivity contribution in [2.75, 3.05) is 6.54 Å². The molecule has 0 saturated heterocycles. The minimum absolute atomic E-state index is 0.0304. The third kappa shape index (κ3) is 6.31. The van der Waals surface area contributed by atoms with E-state index < -0.39 is 0 Å². The van der Waals surface area contributed by atoms with Gasteiger partial charge in [-0.3, -0.25) is 0 Å². The largest absolute Gasteiger partial charge is 0.489 e. The standard InChI is InChI=1S/C24H32N6O/c1-17-11-9-10-14-22(17)31-18(2)15-25-24(26-16-23-29-28-20(4)30(23)5)27-19(3)21-12-7-6-8-13-21/h6-14,18-19H,15-16H2,1-5H3,(H2,25,26,27). The monoisotopic (exact) mass is 420 g/mol. The van der Waals surface area contributed by atoms with Crippen molar-refractivity contribution in [3.8, 4) is 5.75 Å². The van der Waals surface area contributed by atoms with Crippen molar-refractivity contribution in [2.45, 2.75) is 46.4 Å². The van der Waals surface area contributed by atoms with E-state index in [9.17, 15) is 0 Å². The van der Waals surface area contributed by atoms with Crippen molar-refractivity contribution in [1.29, 1.82) is 0 Å². The van der Waals surface area contributed by atoms with Gasteiger partial charge in [-0.15, -0.1) is 10.2 Å². The quantitative estimate of drug-likeness (QED) is 0.429. The summed E-state index contributed by atoms with van der Waals surface area (Å²) in [5, 5.41) is 15.2. The Balaban J connectivity index is 1.67. The number of guanidine groups is 1. The van der Waals surface area contributed by atoms with Gasteiger partial charge < -0.3 is 19.9 Å². The number of aliphatic imine (C=N–C) groups is 1. The molecule has 164 valence electrons. The van der Waals surface area contributed by atoms with Crippen molar-refractivity contribution in [1.82, 2.24) is 25.4 Å². The number of para-hydroxylation sites is 1. The first-order valence-electron chi connectivity index (χ1n) is 10.6. The van der Waals surface area contributed by atoms with Crippen LogP contribution in [0.4, 0.5) is 0 Å². The third-order valence-electron chi connectivity index (χ3n) is 5.19. The van der Waals surface area contributed by atoms with Crippen molar-refractivity contribution < 1.29 is 4.74 Å². The molecule has 0 spiro atoms. The van der Waals surface area contributed by atoms with Crippen LogP contribution in [0.1, 0.15) is 42.7 Å². The van der Waals surface area contributed by atoms with Gasteiger partial charge in [-0.1, -0.05) is 48.5 Å². The van der Waals surface area contributed by atoms with Crippen LogP contribution in [0, 0.1) is 13.8 Å². The summed E-state index contributed by atoms with van der Waals surface area (Å²) >= 11 is 0. The highest BCUT2D eigenvalue weighted by atomic mass is 16.5. The first-order chi connectivity index (χ1) is 14.9. The Kier molecular flexibility index (Phi) is 7.65. The molecule has 31 heavy (non-hydrogen) atoms. The van der Waals surface area contributed by atoms with Gasteiger partial charge in [0.15, 0.2) is 11.8 Å². The molecule has 3 aromatic rings. The number of nitrogens with one attached hydrogen (secondary N) is 2. The van der Waals surface area contributed by atoms with Gasteiger partial charge in [0.05, 0.1) is 12.6 Å². The second kappa shape index (κ2) is 10.6. The number of hydrogen-bond acceptors (Lipinski definition) is 4. The minimum Gasteiger partial charge on any atom is -0.489 e. The Morgan fingerprint density at radius 3 is 2.42 bits per heavy atom. The lowest BCUT2D eigenvalue weighted by Crippen LogP contribution is -2.43. The first kappa shape index (κ1) is 22.3. The summed E-state index contributed by atoms with van der Waals surface area (Å²) in [6, 6.07) is 18.4. The molecule has 1 heterocycles. The van der Waals surface area contributed by atoms with Crippen LogP contribution in [0.5, 0.6) is 5.75 Å². The van der Waals surface area contributed by atoms with E-state index in [-0.39, 0.29) is 12.1 Å². The average Bonchev–Trinajstić information content (AvgIpc) is 3.10. The zero-order chi connectivity index (χ0) is 22.2. The molecule has 0 saturated carbocycles. The second-order valence-corrected chi connectivity index (χ2v) is 7.74. The van der Waals surface area contributed by atoms with Crippen LogP contribution in [0.25, 0.3) is 0 Å². The highest BCUT2D eigenvalue weighted by molar-refractivity contribution is 5.80. The summed E-state index contributed by atoms with van der Waals surface area (Å²) < 4.78 is 8.05. The van der Waals surface area contributed by atoms with Crippen LogP contribution < -0.4 is 15.4 Å². The van der Waals surface area contributed by atoms with Gasteiger partial charge in [-0.25, -0.2) is 4.99 Å². The van der Waals surface area contributed by atoms with Crippen LogP contribution >= 0.6 is 0 Å². The summed E-state index contributed by atoms with van der Waals surface area (Å²) in [6.45, 7) is 9.19. The number of nitrogens with zero attached hydrogens (tertiary/aromatic N) is 4. The van der Waals surface area contributed by atoms with Gasteiger partial charge in [-0.2, -0.15) is 0 Å². The number of aryl methyl sites for hydroxylation is 2. The Labute approximate surface area is 184 Å². The Hall–Kier alpha value is -3.35. The third-order valence-corrected chi connectivity index (χ3v) is 5.19. The molecule has 0 aliphatic carbocycles. The maximum Gasteiger partial charge on any atom is 0.192 e. The van der Waals surface area contributed by atoms with Crippen LogP contribution in [0.2, 0.25) is 0 Å². The number of rotatable bonds is 8. The van der Waals surface area contributed by atoms with Crippen LogP contribution in [-0.2, 0) is 13.6 Å². The van der Waals surface area contributed by atoms with Crippen molar-refractivity contribution in [3.05, 3.63) is 77.4 Å². The summed E-state index contributed by atoms with van der Waals surface area (Å²) in [6.07, 6.45) is -0.0304. The Bertz CT molecular complexity index is 998. The van der Waals surface area contributed by atoms with Gasteiger partial charge in [-0.05, 0) is 44.9 Å². The maximum absolute atomic E-state index is 6.10. The van der Waals surface area contributed by atoms with E-state index in [4.69, 9.17) is 9.73 Å². The van der Waals surface area contributed by atoms with Crippen molar-refractivity contribution in [2.24, 2.45) is 12.0 Å². The molecule has 3 rings (SSSR count). The highest BCUT2D eigenvalue weighted by Crippen LogP contribution is 2.17. The predicted octanol–water partition coefficient (Wildman–Crippen LogP) is 3.70. The fourth-order valence-corrected chi connectivity index (χ4v) is 3.11. The fraction of sp³-hybridized carbons (Fsp3) is 0.375. The lowest BCUT2D eigenvalue weighted by molar-refractivity contribution is 0.222. The summed E-state index contributed by atoms with van der Waals surface area (Å²) in [7, 11) is 1.95. The number of benzene rings is 2. The first-order valence-corrected chi connectivity index (χ1v) is 10.6. The highest BCUT2D eigenvalue weighted by Gasteiger charge is 2.12. The lowest BCUT2D eigenvalue weighted by Gasteiger charge is -2.21. The molecule has 0 radical (unpaired) electrons. The predicted molar refractivity (Wildman–Crippen MR) is 124 cm³/mol. The van der Waals surface area contributed by atoms with Gasteiger partial charge in [0.1, 0.15) is 24.2 Å². The molecule has 2 aromatic carbocycles. The van der Waals surface area contributed by atoms with E-state index in [1.54, 1.807) is 0 Å². The molecular weight excluding hydrogens is 388 g/mol. The van der Waals surface area contributed by atoms with Crippen LogP contribution in [0.3, 0.4) is 0 Å². The Morgan fingerprint density at radius 1 is 1.03 bits per heavy atom. The van der Waals surface area contributed by atoms with E-state index in [0.717, 1.165) is 23.0 Å².